The molecule has 0 spiro atoms. The van der Waals surface area contributed by atoms with E-state index in [9.17, 15) is 4.79 Å². The van der Waals surface area contributed by atoms with E-state index < -0.39 is 5.91 Å². The number of benzene rings is 1. The summed E-state index contributed by atoms with van der Waals surface area (Å²) in [5.74, 6) is 0.342. The molecule has 2 aromatic rings. The minimum absolute atomic E-state index is 0.279. The molecule has 0 bridgehead atoms. The molecule has 18 heavy (non-hydrogen) atoms. The van der Waals surface area contributed by atoms with E-state index in [0.717, 1.165) is 0 Å². The lowest BCUT2D eigenvalue weighted by Crippen LogP contribution is -2.10. The monoisotopic (exact) mass is 239 g/mol. The number of nitrogens with two attached hydrogens (primary N) is 1. The molecule has 0 unspecified atom stereocenters. The highest BCUT2D eigenvalue weighted by Gasteiger charge is 2.02. The van der Waals surface area contributed by atoms with Crippen molar-refractivity contribution in [3.05, 3.63) is 53.7 Å². The number of primary amides is 1. The Balaban J connectivity index is 2.18. The molecule has 5 heteroatoms. The summed E-state index contributed by atoms with van der Waals surface area (Å²) in [5, 5.41) is 8.71. The van der Waals surface area contributed by atoms with Crippen molar-refractivity contribution in [2.75, 3.05) is 0 Å². The fourth-order valence-electron chi connectivity index (χ4n) is 1.34. The third-order valence-corrected chi connectivity index (χ3v) is 2.20. The van der Waals surface area contributed by atoms with Crippen LogP contribution in [0, 0.1) is 11.3 Å². The molecular weight excluding hydrogens is 230 g/mol. The van der Waals surface area contributed by atoms with Gasteiger partial charge in [-0.05, 0) is 30.3 Å². The Bertz CT molecular complexity index is 615. The van der Waals surface area contributed by atoms with Gasteiger partial charge in [0.05, 0.1) is 0 Å². The predicted molar refractivity (Wildman–Crippen MR) is 64.0 cm³/mol. The van der Waals surface area contributed by atoms with Crippen LogP contribution in [0.1, 0.15) is 16.1 Å². The van der Waals surface area contributed by atoms with Gasteiger partial charge in [-0.15, -0.1) is 0 Å². The van der Waals surface area contributed by atoms with Gasteiger partial charge in [-0.3, -0.25) is 4.79 Å². The Morgan fingerprint density at radius 1 is 1.22 bits per heavy atom. The van der Waals surface area contributed by atoms with E-state index in [2.05, 4.69) is 4.98 Å². The third-order valence-electron chi connectivity index (χ3n) is 2.20. The van der Waals surface area contributed by atoms with E-state index in [1.807, 2.05) is 6.07 Å². The number of hydrogen-bond donors (Lipinski definition) is 1. The number of rotatable bonds is 3. The molecule has 2 rings (SSSR count). The Hall–Kier alpha value is -2.87. The Morgan fingerprint density at radius 3 is 2.56 bits per heavy atom. The molecule has 5 nitrogen and oxygen atoms in total. The molecule has 0 aliphatic carbocycles. The maximum atomic E-state index is 10.9. The van der Waals surface area contributed by atoms with Gasteiger partial charge in [-0.25, -0.2) is 4.98 Å². The summed E-state index contributed by atoms with van der Waals surface area (Å²) in [4.78, 5) is 14.9. The molecule has 1 aromatic heterocycles. The fraction of sp³-hybridized carbons (Fsp3) is 0. The molecule has 1 amide bonds. The summed E-state index contributed by atoms with van der Waals surface area (Å²) in [6, 6.07) is 13.2. The molecule has 0 atom stereocenters. The number of aromatic nitrogens is 1. The Morgan fingerprint density at radius 2 is 1.94 bits per heavy atom. The average Bonchev–Trinajstić information content (AvgIpc) is 2.39. The highest BCUT2D eigenvalue weighted by Crippen LogP contribution is 2.19. The molecule has 0 radical (unpaired) electrons. The lowest BCUT2D eigenvalue weighted by molar-refractivity contribution is 0.100. The SMILES string of the molecule is N#Cc1cccc(Oc2ccc(C(N)=O)cc2)n1. The van der Waals surface area contributed by atoms with Gasteiger partial charge in [-0.2, -0.15) is 5.26 Å². The van der Waals surface area contributed by atoms with Crippen molar-refractivity contribution >= 4 is 5.91 Å². The number of pyridine rings is 1. The summed E-state index contributed by atoms with van der Waals surface area (Å²) >= 11 is 0. The number of carbonyl (C=O) groups is 1. The average molecular weight is 239 g/mol. The van der Waals surface area contributed by atoms with E-state index in [-0.39, 0.29) is 5.69 Å². The fourth-order valence-corrected chi connectivity index (χ4v) is 1.34. The quantitative estimate of drug-likeness (QED) is 0.884. The zero-order valence-corrected chi connectivity index (χ0v) is 9.33. The maximum Gasteiger partial charge on any atom is 0.248 e. The molecule has 2 N–H and O–H groups in total. The van der Waals surface area contributed by atoms with Crippen molar-refractivity contribution < 1.29 is 9.53 Å². The first-order valence-electron chi connectivity index (χ1n) is 5.14. The van der Waals surface area contributed by atoms with Crippen LogP contribution in [0.15, 0.2) is 42.5 Å². The van der Waals surface area contributed by atoms with Crippen molar-refractivity contribution in [3.63, 3.8) is 0 Å². The molecule has 0 saturated heterocycles. The highest BCUT2D eigenvalue weighted by molar-refractivity contribution is 5.92. The van der Waals surface area contributed by atoms with Gasteiger partial charge in [0, 0.05) is 11.6 Å². The summed E-state index contributed by atoms with van der Waals surface area (Å²) < 4.78 is 5.44. The van der Waals surface area contributed by atoms with Gasteiger partial charge in [0.2, 0.25) is 11.8 Å². The molecule has 0 aliphatic rings. The van der Waals surface area contributed by atoms with Crippen LogP contribution in [0.2, 0.25) is 0 Å². The predicted octanol–water partition coefficient (Wildman–Crippen LogP) is 1.84. The Labute approximate surface area is 103 Å². The van der Waals surface area contributed by atoms with Gasteiger partial charge in [0.15, 0.2) is 0 Å². The summed E-state index contributed by atoms with van der Waals surface area (Å²) in [5.41, 5.74) is 5.81. The lowest BCUT2D eigenvalue weighted by Gasteiger charge is -2.04. The van der Waals surface area contributed by atoms with Crippen molar-refractivity contribution in [2.24, 2.45) is 5.73 Å². The maximum absolute atomic E-state index is 10.9. The second kappa shape index (κ2) is 4.97. The van der Waals surface area contributed by atoms with Crippen LogP contribution in [0.25, 0.3) is 0 Å². The second-order valence-electron chi connectivity index (χ2n) is 3.46. The molecule has 0 fully saturated rings. The highest BCUT2D eigenvalue weighted by atomic mass is 16.5. The minimum atomic E-state index is -0.494. The third kappa shape index (κ3) is 2.62. The number of nitriles is 1. The van der Waals surface area contributed by atoms with Crippen molar-refractivity contribution in [3.8, 4) is 17.7 Å². The first-order valence-corrected chi connectivity index (χ1v) is 5.14. The molecular formula is C13H9N3O2. The van der Waals surface area contributed by atoms with E-state index in [0.29, 0.717) is 17.2 Å². The summed E-state index contributed by atoms with van der Waals surface area (Å²) in [6.07, 6.45) is 0. The van der Waals surface area contributed by atoms with Gasteiger partial charge in [0.25, 0.3) is 0 Å². The van der Waals surface area contributed by atoms with Crippen LogP contribution < -0.4 is 10.5 Å². The van der Waals surface area contributed by atoms with Gasteiger partial charge < -0.3 is 10.5 Å². The van der Waals surface area contributed by atoms with E-state index in [1.54, 1.807) is 42.5 Å². The van der Waals surface area contributed by atoms with Crippen LogP contribution in [0.4, 0.5) is 0 Å². The standard InChI is InChI=1S/C13H9N3O2/c14-8-10-2-1-3-12(16-10)18-11-6-4-9(5-7-11)13(15)17/h1-7H,(H2,15,17). The molecule has 0 saturated carbocycles. The number of ether oxygens (including phenoxy) is 1. The van der Waals surface area contributed by atoms with E-state index >= 15 is 0 Å². The Kier molecular flexibility index (Phi) is 3.21. The largest absolute Gasteiger partial charge is 0.439 e. The van der Waals surface area contributed by atoms with Crippen LogP contribution in [0.3, 0.4) is 0 Å². The van der Waals surface area contributed by atoms with Crippen LogP contribution >= 0.6 is 0 Å². The zero-order valence-electron chi connectivity index (χ0n) is 9.33. The van der Waals surface area contributed by atoms with Gasteiger partial charge >= 0.3 is 0 Å². The van der Waals surface area contributed by atoms with Crippen LogP contribution in [-0.2, 0) is 0 Å². The van der Waals surface area contributed by atoms with Gasteiger partial charge in [-0.1, -0.05) is 6.07 Å². The lowest BCUT2D eigenvalue weighted by atomic mass is 10.2. The summed E-state index contributed by atoms with van der Waals surface area (Å²) in [6.45, 7) is 0. The normalized spacial score (nSPS) is 9.50. The van der Waals surface area contributed by atoms with Crippen molar-refractivity contribution in [2.45, 2.75) is 0 Å². The molecule has 0 aliphatic heterocycles. The van der Waals surface area contributed by atoms with Crippen molar-refractivity contribution in [1.29, 1.82) is 5.26 Å². The minimum Gasteiger partial charge on any atom is -0.439 e. The number of nitrogens with zero attached hydrogens (tertiary/aromatic N) is 2. The first kappa shape index (κ1) is 11.6. The first-order chi connectivity index (χ1) is 8.69. The van der Waals surface area contributed by atoms with E-state index in [4.69, 9.17) is 15.7 Å². The second-order valence-corrected chi connectivity index (χ2v) is 3.46. The molecule has 1 aromatic carbocycles. The molecule has 88 valence electrons. The van der Waals surface area contributed by atoms with Gasteiger partial charge in [0.1, 0.15) is 17.5 Å². The molecule has 1 heterocycles. The number of hydrogen-bond acceptors (Lipinski definition) is 4. The smallest absolute Gasteiger partial charge is 0.248 e. The zero-order chi connectivity index (χ0) is 13.0. The summed E-state index contributed by atoms with van der Waals surface area (Å²) in [7, 11) is 0. The number of amides is 1. The van der Waals surface area contributed by atoms with Crippen molar-refractivity contribution in [1.82, 2.24) is 4.98 Å². The van der Waals surface area contributed by atoms with Crippen LogP contribution in [0.5, 0.6) is 11.6 Å². The van der Waals surface area contributed by atoms with Crippen LogP contribution in [-0.4, -0.2) is 10.9 Å². The topological polar surface area (TPSA) is 89.0 Å². The van der Waals surface area contributed by atoms with E-state index in [1.165, 1.54) is 0 Å². The number of carbonyl (C=O) groups excluding carboxylic acids is 1.